The maximum Gasteiger partial charge on any atom is 0.324 e. The first kappa shape index (κ1) is 44.2. The number of rotatable bonds is 8. The first-order valence-electron chi connectivity index (χ1n) is 21.4. The fraction of sp³-hybridized carbons (Fsp3) is 0.556. The SMILES string of the molecule is CCn1c(-c2cccnc2[C@H](C)OC)c2c3cc(ccc31)-c1csc(n1)C[C@H](NC(=O)[C@H](C(C)C)N(C)C(=O)N1CC[C@H](O)C1)C(=O)N1CCC[C@H](N1)C(=O)OCC(C)(C)C2. The van der Waals surface area contributed by atoms with E-state index >= 15 is 0 Å². The average Bonchev–Trinajstić information content (AvgIpc) is 3.98. The molecule has 1 aromatic carbocycles. The van der Waals surface area contributed by atoms with Crippen LogP contribution < -0.4 is 10.7 Å². The van der Waals surface area contributed by atoms with E-state index in [9.17, 15) is 24.3 Å². The van der Waals surface area contributed by atoms with Crippen LogP contribution in [0.5, 0.6) is 0 Å². The number of ether oxygens (including phenoxy) is 2. The van der Waals surface area contributed by atoms with Crippen LogP contribution in [-0.2, 0) is 43.2 Å². The minimum Gasteiger partial charge on any atom is -0.464 e. The quantitative estimate of drug-likeness (QED) is 0.197. The molecule has 2 saturated heterocycles. The second-order valence-corrected chi connectivity index (χ2v) is 18.7. The van der Waals surface area contributed by atoms with Gasteiger partial charge in [0.25, 0.3) is 5.91 Å². The lowest BCUT2D eigenvalue weighted by molar-refractivity contribution is -0.155. The minimum atomic E-state index is -1.07. The van der Waals surface area contributed by atoms with Gasteiger partial charge in [-0.3, -0.25) is 24.4 Å². The maximum atomic E-state index is 14.5. The Morgan fingerprint density at radius 2 is 1.95 bits per heavy atom. The van der Waals surface area contributed by atoms with Gasteiger partial charge in [-0.1, -0.05) is 33.8 Å². The van der Waals surface area contributed by atoms with Gasteiger partial charge in [0.05, 0.1) is 40.9 Å². The zero-order valence-corrected chi connectivity index (χ0v) is 37.4. The van der Waals surface area contributed by atoms with Crippen molar-refractivity contribution in [3.8, 4) is 22.5 Å². The second kappa shape index (κ2) is 18.2. The number of benzene rings is 1. The highest BCUT2D eigenvalue weighted by Gasteiger charge is 2.39. The zero-order valence-electron chi connectivity index (χ0n) is 36.6. The van der Waals surface area contributed by atoms with E-state index in [1.54, 1.807) is 25.3 Å². The number of hydrogen-bond donors (Lipinski definition) is 3. The number of hydrogen-bond acceptors (Lipinski definition) is 11. The van der Waals surface area contributed by atoms with Crippen molar-refractivity contribution in [1.82, 2.24) is 40.1 Å². The molecule has 0 radical (unpaired) electrons. The van der Waals surface area contributed by atoms with Crippen LogP contribution in [0.4, 0.5) is 4.79 Å². The van der Waals surface area contributed by atoms with Gasteiger partial charge in [0, 0.05) is 85.8 Å². The average molecular weight is 857 g/mol. The number of fused-ring (bicyclic) bond motifs is 6. The van der Waals surface area contributed by atoms with E-state index in [0.29, 0.717) is 50.3 Å². The highest BCUT2D eigenvalue weighted by Crippen LogP contribution is 2.42. The van der Waals surface area contributed by atoms with E-state index in [1.165, 1.54) is 21.2 Å². The number of likely N-dealkylation sites (N-methyl/N-ethyl adjacent to an activating group) is 1. The lowest BCUT2D eigenvalue weighted by Crippen LogP contribution is -2.62. The summed E-state index contributed by atoms with van der Waals surface area (Å²) < 4.78 is 14.2. The fourth-order valence-corrected chi connectivity index (χ4v) is 9.85. The molecule has 6 heterocycles. The molecule has 3 aromatic heterocycles. The number of carbonyl (C=O) groups excluding carboxylic acids is 4. The van der Waals surface area contributed by atoms with Gasteiger partial charge in [0.15, 0.2) is 0 Å². The number of methoxy groups -OCH3 is 1. The topological polar surface area (TPSA) is 171 Å². The smallest absolute Gasteiger partial charge is 0.324 e. The van der Waals surface area contributed by atoms with E-state index in [-0.39, 0.29) is 37.6 Å². The Labute approximate surface area is 361 Å². The number of nitrogens with zero attached hydrogens (tertiary/aromatic N) is 6. The lowest BCUT2D eigenvalue weighted by atomic mass is 9.84. The normalized spacial score (nSPS) is 21.9. The molecule has 3 aliphatic rings. The van der Waals surface area contributed by atoms with Crippen LogP contribution in [0.3, 0.4) is 0 Å². The number of nitrogens with one attached hydrogen (secondary N) is 2. The molecule has 3 N–H and O–H groups in total. The number of thiazole rings is 1. The van der Waals surface area contributed by atoms with Gasteiger partial charge in [-0.2, -0.15) is 0 Å². The molecule has 0 spiro atoms. The molecule has 4 amide bonds. The third kappa shape index (κ3) is 9.18. The highest BCUT2D eigenvalue weighted by atomic mass is 32.1. The van der Waals surface area contributed by atoms with Crippen LogP contribution in [0.25, 0.3) is 33.4 Å². The number of aromatic nitrogens is 3. The van der Waals surface area contributed by atoms with Gasteiger partial charge >= 0.3 is 12.0 Å². The summed E-state index contributed by atoms with van der Waals surface area (Å²) in [5, 5.41) is 18.2. The summed E-state index contributed by atoms with van der Waals surface area (Å²) in [4.78, 5) is 68.9. The Kier molecular flexibility index (Phi) is 13.2. The van der Waals surface area contributed by atoms with Crippen molar-refractivity contribution >= 4 is 46.1 Å². The molecule has 61 heavy (non-hydrogen) atoms. The van der Waals surface area contributed by atoms with E-state index in [1.807, 2.05) is 32.2 Å². The van der Waals surface area contributed by atoms with Gasteiger partial charge in [0.1, 0.15) is 18.1 Å². The molecule has 15 nitrogen and oxygen atoms in total. The van der Waals surface area contributed by atoms with Crippen molar-refractivity contribution in [2.24, 2.45) is 11.3 Å². The predicted molar refractivity (Wildman–Crippen MR) is 233 cm³/mol. The van der Waals surface area contributed by atoms with Crippen molar-refractivity contribution < 1.29 is 33.8 Å². The van der Waals surface area contributed by atoms with E-state index in [4.69, 9.17) is 19.4 Å². The second-order valence-electron chi connectivity index (χ2n) is 17.7. The molecule has 5 atom stereocenters. The van der Waals surface area contributed by atoms with Crippen molar-refractivity contribution in [2.75, 3.05) is 40.4 Å². The Balaban J connectivity index is 1.30. The van der Waals surface area contributed by atoms with Crippen LogP contribution >= 0.6 is 11.3 Å². The number of likely N-dealkylation sites (tertiary alicyclic amines) is 1. The summed E-state index contributed by atoms with van der Waals surface area (Å²) in [6.07, 6.45) is 3.10. The number of carbonyl (C=O) groups is 4. The molecular formula is C45H60N8O7S. The molecule has 0 saturated carbocycles. The summed E-state index contributed by atoms with van der Waals surface area (Å²) in [6.45, 7) is 13.8. The number of β-amino-alcohol motifs (C(OH)–C–C–N with tert-alkyl or cyclic N) is 1. The molecule has 6 bridgehead atoms. The Morgan fingerprint density at radius 3 is 2.66 bits per heavy atom. The molecule has 7 rings (SSSR count). The van der Waals surface area contributed by atoms with Gasteiger partial charge in [-0.25, -0.2) is 15.2 Å². The van der Waals surface area contributed by atoms with Crippen LogP contribution in [0.1, 0.15) is 83.2 Å². The zero-order chi connectivity index (χ0) is 43.7. The molecule has 3 aliphatic heterocycles. The van der Waals surface area contributed by atoms with Gasteiger partial charge in [-0.15, -0.1) is 11.3 Å². The summed E-state index contributed by atoms with van der Waals surface area (Å²) in [5.74, 6) is -1.65. The fourth-order valence-electron chi connectivity index (χ4n) is 9.00. The standard InChI is InChI=1S/C45H60N8O7S/c1-9-52-36-15-14-28-20-31(36)32(40(52)30-12-10-17-46-38(30)27(4)59-8)22-45(5,6)25-60-43(57)33-13-11-18-53(49-33)42(56)34(21-37-47-35(28)24-61-37)48-41(55)39(26(2)3)50(7)44(58)51-19-16-29(54)23-51/h10,12,14-15,17,20,24,26-27,29,33-34,39,49,54H,9,11,13,16,18-19,21-23,25H2,1-8H3,(H,48,55)/t27-,29-,33-,34-,39-/m0/s1. The van der Waals surface area contributed by atoms with Crippen LogP contribution in [0, 0.1) is 11.3 Å². The largest absolute Gasteiger partial charge is 0.464 e. The number of aliphatic hydroxyl groups excluding tert-OH is 1. The first-order valence-corrected chi connectivity index (χ1v) is 22.3. The first-order chi connectivity index (χ1) is 29.1. The summed E-state index contributed by atoms with van der Waals surface area (Å²) in [6, 6.07) is 7.30. The number of esters is 1. The molecule has 328 valence electrons. The van der Waals surface area contributed by atoms with E-state index in [2.05, 4.69) is 60.3 Å². The van der Waals surface area contributed by atoms with Crippen LogP contribution in [-0.4, -0.2) is 123 Å². The maximum absolute atomic E-state index is 14.5. The number of urea groups is 1. The Bertz CT molecular complexity index is 2270. The molecule has 2 fully saturated rings. The lowest BCUT2D eigenvalue weighted by Gasteiger charge is -2.37. The molecular weight excluding hydrogens is 797 g/mol. The van der Waals surface area contributed by atoms with Gasteiger partial charge in [-0.05, 0) is 75.3 Å². The third-order valence-corrected chi connectivity index (χ3v) is 13.1. The number of amides is 4. The summed E-state index contributed by atoms with van der Waals surface area (Å²) in [7, 11) is 3.26. The van der Waals surface area contributed by atoms with Gasteiger partial charge in [0.2, 0.25) is 5.91 Å². The highest BCUT2D eigenvalue weighted by molar-refractivity contribution is 7.10. The molecule has 0 unspecified atom stereocenters. The Morgan fingerprint density at radius 1 is 1.16 bits per heavy atom. The monoisotopic (exact) mass is 856 g/mol. The Hall–Kier alpha value is -4.90. The predicted octanol–water partition coefficient (Wildman–Crippen LogP) is 5.35. The van der Waals surface area contributed by atoms with Crippen molar-refractivity contribution in [2.45, 2.75) is 111 Å². The van der Waals surface area contributed by atoms with Crippen LogP contribution in [0.15, 0.2) is 41.9 Å². The van der Waals surface area contributed by atoms with Gasteiger partial charge < -0.3 is 34.3 Å². The number of hydrazine groups is 1. The van der Waals surface area contributed by atoms with Crippen LogP contribution in [0.2, 0.25) is 0 Å². The molecule has 16 heteroatoms. The van der Waals surface area contributed by atoms with Crippen molar-refractivity contribution in [3.05, 3.63) is 58.2 Å². The number of cyclic esters (lactones) is 1. The number of pyridine rings is 1. The molecule has 0 aliphatic carbocycles. The van der Waals surface area contributed by atoms with E-state index in [0.717, 1.165) is 44.7 Å². The molecule has 4 aromatic rings. The summed E-state index contributed by atoms with van der Waals surface area (Å²) >= 11 is 1.41. The summed E-state index contributed by atoms with van der Waals surface area (Å²) in [5.41, 5.74) is 9.29. The van der Waals surface area contributed by atoms with Crippen molar-refractivity contribution in [3.63, 3.8) is 0 Å². The minimum absolute atomic E-state index is 0.0861. The number of aryl methyl sites for hydroxylation is 1. The van der Waals surface area contributed by atoms with Crippen molar-refractivity contribution in [1.29, 1.82) is 0 Å². The number of aliphatic hydroxyl groups is 1. The van der Waals surface area contributed by atoms with E-state index < -0.39 is 47.4 Å². The third-order valence-electron chi connectivity index (χ3n) is 12.2.